The quantitative estimate of drug-likeness (QED) is 0.569. The molecule has 8 nitrogen and oxygen atoms in total. The number of nitrogens with zero attached hydrogens (tertiary/aromatic N) is 2. The molecule has 2 aromatic rings. The Morgan fingerprint density at radius 2 is 1.96 bits per heavy atom. The molecule has 0 aliphatic carbocycles. The van der Waals surface area contributed by atoms with Crippen molar-refractivity contribution in [1.82, 2.24) is 4.90 Å². The lowest BCUT2D eigenvalue weighted by molar-refractivity contribution is -0.387. The third kappa shape index (κ3) is 4.48. The van der Waals surface area contributed by atoms with Gasteiger partial charge < -0.3 is 9.73 Å². The molecule has 0 radical (unpaired) electrons. The van der Waals surface area contributed by atoms with Gasteiger partial charge in [0.25, 0.3) is 5.69 Å². The smallest absolute Gasteiger partial charge is 0.288 e. The Kier molecular flexibility index (Phi) is 5.52. The lowest BCUT2D eigenvalue weighted by Crippen LogP contribution is -2.30. The summed E-state index contributed by atoms with van der Waals surface area (Å²) in [5.41, 5.74) is 0.106. The second-order valence-corrected chi connectivity index (χ2v) is 8.78. The normalized spacial score (nSPS) is 16.4. The lowest BCUT2D eigenvalue weighted by Gasteiger charge is -2.26. The SMILES string of the molecule is Cc1ccc(C(CNc2ccc([N+](=O)[O-])c(S(C)(=O)=O)c2)N2CCCC2)o1. The Bertz CT molecular complexity index is 932. The highest BCUT2D eigenvalue weighted by molar-refractivity contribution is 7.90. The van der Waals surface area contributed by atoms with Crippen molar-refractivity contribution in [3.8, 4) is 0 Å². The standard InChI is InChI=1S/C18H23N3O5S/c1-13-5-8-17(26-13)16(20-9-3-4-10-20)12-19-14-6-7-15(21(22)23)18(11-14)27(2,24)25/h5-8,11,16,19H,3-4,9-10,12H2,1-2H3. The Balaban J connectivity index is 1.84. The topological polar surface area (TPSA) is 106 Å². The maximum Gasteiger partial charge on any atom is 0.288 e. The molecule has 0 spiro atoms. The molecule has 1 aliphatic heterocycles. The highest BCUT2D eigenvalue weighted by Crippen LogP contribution is 2.30. The van der Waals surface area contributed by atoms with Crippen molar-refractivity contribution in [3.05, 3.63) is 52.0 Å². The van der Waals surface area contributed by atoms with E-state index in [4.69, 9.17) is 4.42 Å². The fourth-order valence-electron chi connectivity index (χ4n) is 3.38. The molecule has 1 atom stereocenters. The number of sulfone groups is 1. The number of anilines is 1. The monoisotopic (exact) mass is 393 g/mol. The van der Waals surface area contributed by atoms with Gasteiger partial charge in [-0.25, -0.2) is 8.42 Å². The third-order valence-electron chi connectivity index (χ3n) is 4.73. The van der Waals surface area contributed by atoms with Crippen molar-refractivity contribution in [2.45, 2.75) is 30.7 Å². The van der Waals surface area contributed by atoms with Crippen LogP contribution in [-0.2, 0) is 9.84 Å². The number of nitro groups is 1. The van der Waals surface area contributed by atoms with Crippen molar-refractivity contribution < 1.29 is 17.8 Å². The first kappa shape index (κ1) is 19.4. The number of rotatable bonds is 7. The molecule has 27 heavy (non-hydrogen) atoms. The Hall–Kier alpha value is -2.39. The summed E-state index contributed by atoms with van der Waals surface area (Å²) in [6, 6.07) is 7.96. The zero-order valence-corrected chi connectivity index (χ0v) is 16.2. The average molecular weight is 393 g/mol. The Morgan fingerprint density at radius 3 is 2.52 bits per heavy atom. The average Bonchev–Trinajstić information content (AvgIpc) is 3.26. The van der Waals surface area contributed by atoms with Crippen LogP contribution in [0.2, 0.25) is 0 Å². The van der Waals surface area contributed by atoms with Crippen LogP contribution in [0.25, 0.3) is 0 Å². The molecule has 1 N–H and O–H groups in total. The van der Waals surface area contributed by atoms with E-state index < -0.39 is 20.4 Å². The van der Waals surface area contributed by atoms with Gasteiger partial charge in [0.1, 0.15) is 16.4 Å². The van der Waals surface area contributed by atoms with Gasteiger partial charge in [-0.1, -0.05) is 0 Å². The van der Waals surface area contributed by atoms with Crippen LogP contribution < -0.4 is 5.32 Å². The lowest BCUT2D eigenvalue weighted by atomic mass is 10.2. The number of nitro benzene ring substituents is 1. The first-order chi connectivity index (χ1) is 12.8. The molecule has 9 heteroatoms. The van der Waals surface area contributed by atoms with Crippen LogP contribution in [0.15, 0.2) is 39.6 Å². The van der Waals surface area contributed by atoms with Crippen LogP contribution >= 0.6 is 0 Å². The summed E-state index contributed by atoms with van der Waals surface area (Å²) < 4.78 is 29.7. The van der Waals surface area contributed by atoms with Crippen LogP contribution in [0.4, 0.5) is 11.4 Å². The molecule has 1 aromatic carbocycles. The molecule has 1 aromatic heterocycles. The van der Waals surface area contributed by atoms with E-state index >= 15 is 0 Å². The Labute approximate surface area is 158 Å². The van der Waals surface area contributed by atoms with Crippen LogP contribution in [0.5, 0.6) is 0 Å². The molecule has 1 saturated heterocycles. The summed E-state index contributed by atoms with van der Waals surface area (Å²) in [5.74, 6) is 1.69. The predicted molar refractivity (Wildman–Crippen MR) is 102 cm³/mol. The largest absolute Gasteiger partial charge is 0.465 e. The molecule has 0 amide bonds. The second-order valence-electron chi connectivity index (χ2n) is 6.80. The third-order valence-corrected chi connectivity index (χ3v) is 5.85. The van der Waals surface area contributed by atoms with E-state index in [2.05, 4.69) is 10.2 Å². The number of hydrogen-bond acceptors (Lipinski definition) is 7. The maximum absolute atomic E-state index is 11.9. The molecule has 1 unspecified atom stereocenters. The van der Waals surface area contributed by atoms with E-state index in [9.17, 15) is 18.5 Å². The number of benzene rings is 1. The van der Waals surface area contributed by atoms with Gasteiger partial charge in [-0.3, -0.25) is 15.0 Å². The summed E-state index contributed by atoms with van der Waals surface area (Å²) >= 11 is 0. The minimum atomic E-state index is -3.71. The highest BCUT2D eigenvalue weighted by atomic mass is 32.2. The first-order valence-electron chi connectivity index (χ1n) is 8.78. The van der Waals surface area contributed by atoms with Crippen molar-refractivity contribution in [2.75, 3.05) is 31.2 Å². The zero-order chi connectivity index (χ0) is 19.6. The van der Waals surface area contributed by atoms with Gasteiger partial charge in [0.2, 0.25) is 0 Å². The van der Waals surface area contributed by atoms with E-state index in [1.807, 2.05) is 19.1 Å². The van der Waals surface area contributed by atoms with Gasteiger partial charge >= 0.3 is 0 Å². The van der Waals surface area contributed by atoms with Gasteiger partial charge in [-0.15, -0.1) is 0 Å². The molecule has 1 fully saturated rings. The number of likely N-dealkylation sites (tertiary alicyclic amines) is 1. The Morgan fingerprint density at radius 1 is 1.26 bits per heavy atom. The van der Waals surface area contributed by atoms with Crippen molar-refractivity contribution in [3.63, 3.8) is 0 Å². The molecular formula is C18H23N3O5S. The fourth-order valence-corrected chi connectivity index (χ4v) is 4.25. The van der Waals surface area contributed by atoms with Crippen molar-refractivity contribution in [2.24, 2.45) is 0 Å². The van der Waals surface area contributed by atoms with E-state index in [1.54, 1.807) is 0 Å². The van der Waals surface area contributed by atoms with Gasteiger partial charge in [0.15, 0.2) is 9.84 Å². The first-order valence-corrected chi connectivity index (χ1v) is 10.7. The van der Waals surface area contributed by atoms with Gasteiger partial charge in [0.05, 0.1) is 11.0 Å². The van der Waals surface area contributed by atoms with Gasteiger partial charge in [-0.05, 0) is 57.1 Å². The molecule has 0 bridgehead atoms. The second kappa shape index (κ2) is 7.69. The van der Waals surface area contributed by atoms with Crippen LogP contribution in [0, 0.1) is 17.0 Å². The number of hydrogen-bond donors (Lipinski definition) is 1. The van der Waals surface area contributed by atoms with Crippen LogP contribution in [0.1, 0.15) is 30.4 Å². The zero-order valence-electron chi connectivity index (χ0n) is 15.3. The number of nitrogens with one attached hydrogen (secondary N) is 1. The fraction of sp³-hybridized carbons (Fsp3) is 0.444. The molecule has 3 rings (SSSR count). The van der Waals surface area contributed by atoms with E-state index in [0.717, 1.165) is 43.7 Å². The van der Waals surface area contributed by atoms with Crippen LogP contribution in [0.3, 0.4) is 0 Å². The van der Waals surface area contributed by atoms with E-state index in [0.29, 0.717) is 12.2 Å². The van der Waals surface area contributed by atoms with E-state index in [1.165, 1.54) is 18.2 Å². The minimum absolute atomic E-state index is 0.0121. The molecule has 146 valence electrons. The summed E-state index contributed by atoms with van der Waals surface area (Å²) in [5, 5.41) is 14.3. The molecule has 1 aliphatic rings. The van der Waals surface area contributed by atoms with Crippen LogP contribution in [-0.4, -0.2) is 44.1 Å². The van der Waals surface area contributed by atoms with E-state index in [-0.39, 0.29) is 10.9 Å². The minimum Gasteiger partial charge on any atom is -0.465 e. The van der Waals surface area contributed by atoms with Gasteiger partial charge in [0, 0.05) is 24.6 Å². The molecular weight excluding hydrogens is 370 g/mol. The predicted octanol–water partition coefficient (Wildman–Crippen LogP) is 3.15. The summed E-state index contributed by atoms with van der Waals surface area (Å²) in [7, 11) is -3.71. The summed E-state index contributed by atoms with van der Waals surface area (Å²) in [4.78, 5) is 12.5. The van der Waals surface area contributed by atoms with Gasteiger partial charge in [-0.2, -0.15) is 0 Å². The van der Waals surface area contributed by atoms with Crippen molar-refractivity contribution in [1.29, 1.82) is 0 Å². The molecule has 0 saturated carbocycles. The summed E-state index contributed by atoms with van der Waals surface area (Å²) in [6.07, 6.45) is 3.23. The molecule has 2 heterocycles. The number of furan rings is 1. The van der Waals surface area contributed by atoms with Crippen molar-refractivity contribution >= 4 is 21.2 Å². The maximum atomic E-state index is 11.9. The highest BCUT2D eigenvalue weighted by Gasteiger charge is 2.27. The number of aryl methyl sites for hydroxylation is 1. The summed E-state index contributed by atoms with van der Waals surface area (Å²) in [6.45, 7) is 4.35.